The SMILES string of the molecule is [AlH2][O]C1CNC1. The molecule has 0 atom stereocenters. The first kappa shape index (κ1) is 4.61. The van der Waals surface area contributed by atoms with E-state index < -0.39 is 0 Å². The fraction of sp³-hybridized carbons (Fsp3) is 1.00. The molecule has 0 aromatic carbocycles. The summed E-state index contributed by atoms with van der Waals surface area (Å²) < 4.78 is 5.06. The van der Waals surface area contributed by atoms with E-state index in [0.29, 0.717) is 6.10 Å². The fourth-order valence-electron chi connectivity index (χ4n) is 0.429. The lowest BCUT2D eigenvalue weighted by molar-refractivity contribution is 0.156. The van der Waals surface area contributed by atoms with E-state index in [4.69, 9.17) is 3.79 Å². The van der Waals surface area contributed by atoms with Gasteiger partial charge in [0.25, 0.3) is 0 Å². The summed E-state index contributed by atoms with van der Waals surface area (Å²) in [5, 5.41) is 3.11. The summed E-state index contributed by atoms with van der Waals surface area (Å²) in [6.45, 7) is 2.15. The van der Waals surface area contributed by atoms with Crippen LogP contribution in [0.25, 0.3) is 0 Å². The van der Waals surface area contributed by atoms with E-state index in [2.05, 4.69) is 5.32 Å². The van der Waals surface area contributed by atoms with E-state index in [1.807, 2.05) is 0 Å². The van der Waals surface area contributed by atoms with Crippen LogP contribution in [-0.4, -0.2) is 35.8 Å². The Kier molecular flexibility index (Phi) is 1.49. The van der Waals surface area contributed by atoms with Gasteiger partial charge in [0.1, 0.15) is 0 Å². The molecule has 0 aliphatic carbocycles. The van der Waals surface area contributed by atoms with Crippen LogP contribution in [0.15, 0.2) is 0 Å². The van der Waals surface area contributed by atoms with Crippen molar-refractivity contribution in [2.75, 3.05) is 13.1 Å². The maximum Gasteiger partial charge on any atom is 0.410 e. The van der Waals surface area contributed by atoms with Crippen LogP contribution in [-0.2, 0) is 3.79 Å². The second-order valence-corrected chi connectivity index (χ2v) is 1.99. The highest BCUT2D eigenvalue weighted by molar-refractivity contribution is 5.98. The Labute approximate surface area is 45.6 Å². The molecule has 0 unspecified atom stereocenters. The smallest absolute Gasteiger partial charge is 0.410 e. The van der Waals surface area contributed by atoms with Gasteiger partial charge in [-0.25, -0.2) is 0 Å². The molecule has 0 aromatic heterocycles. The normalized spacial score (nSPS) is 23.3. The zero-order valence-electron chi connectivity index (χ0n) is 3.90. The van der Waals surface area contributed by atoms with Crippen molar-refractivity contribution in [1.29, 1.82) is 0 Å². The summed E-state index contributed by atoms with van der Waals surface area (Å²) in [5.74, 6) is 0. The zero-order valence-corrected chi connectivity index (χ0v) is 5.90. The van der Waals surface area contributed by atoms with Crippen molar-refractivity contribution in [3.05, 3.63) is 0 Å². The molecule has 1 rings (SSSR count). The summed E-state index contributed by atoms with van der Waals surface area (Å²) in [6, 6.07) is 0. The Hall–Kier alpha value is 0.452. The molecule has 1 aliphatic rings. The van der Waals surface area contributed by atoms with Crippen molar-refractivity contribution < 1.29 is 3.79 Å². The van der Waals surface area contributed by atoms with E-state index in [9.17, 15) is 0 Å². The topological polar surface area (TPSA) is 21.3 Å². The Morgan fingerprint density at radius 3 is 2.33 bits per heavy atom. The molecule has 3 heteroatoms. The van der Waals surface area contributed by atoms with Gasteiger partial charge in [0, 0.05) is 13.1 Å². The van der Waals surface area contributed by atoms with Crippen LogP contribution in [0.2, 0.25) is 0 Å². The Bertz CT molecular complexity index is 43.3. The molecular formula is C3H8AlNO. The third kappa shape index (κ3) is 0.743. The molecule has 1 heterocycles. The Balaban J connectivity index is 2.01. The largest absolute Gasteiger partial charge is 0.502 e. The predicted molar refractivity (Wildman–Crippen MR) is 26.3 cm³/mol. The molecule has 0 spiro atoms. The number of hydrogen-bond acceptors (Lipinski definition) is 2. The van der Waals surface area contributed by atoms with E-state index in [1.165, 1.54) is 0 Å². The molecule has 34 valence electrons. The van der Waals surface area contributed by atoms with Crippen molar-refractivity contribution in [3.63, 3.8) is 0 Å². The van der Waals surface area contributed by atoms with Crippen molar-refractivity contribution >= 4 is 16.6 Å². The standard InChI is InChI=1S/C3H6NO.Al.2H/c5-3-1-4-2-3;;;/h3-4H,1-2H2;;;/q-1;+1;;. The lowest BCUT2D eigenvalue weighted by Gasteiger charge is -2.26. The number of hydrogen-bond donors (Lipinski definition) is 1. The maximum atomic E-state index is 5.06. The second kappa shape index (κ2) is 1.95. The Morgan fingerprint density at radius 2 is 2.33 bits per heavy atom. The first-order chi connectivity index (χ1) is 2.93. The molecule has 0 bridgehead atoms. The van der Waals surface area contributed by atoms with E-state index in [0.717, 1.165) is 29.7 Å². The molecule has 0 radical (unpaired) electrons. The van der Waals surface area contributed by atoms with Gasteiger partial charge >= 0.3 is 16.6 Å². The molecule has 1 saturated heterocycles. The van der Waals surface area contributed by atoms with Gasteiger partial charge in [0.2, 0.25) is 0 Å². The lowest BCUT2D eigenvalue weighted by atomic mass is 10.2. The highest BCUT2D eigenvalue weighted by atomic mass is 27.1. The van der Waals surface area contributed by atoms with Crippen LogP contribution < -0.4 is 5.32 Å². The number of rotatable bonds is 1. The van der Waals surface area contributed by atoms with E-state index >= 15 is 0 Å². The summed E-state index contributed by atoms with van der Waals surface area (Å²) in [6.07, 6.45) is 0.566. The molecule has 0 saturated carbocycles. The average Bonchev–Trinajstić information content (AvgIpc) is 1.31. The average molecular weight is 101 g/mol. The van der Waals surface area contributed by atoms with Gasteiger partial charge in [0.15, 0.2) is 0 Å². The zero-order chi connectivity index (χ0) is 4.41. The summed E-state index contributed by atoms with van der Waals surface area (Å²) in [7, 11) is 0. The maximum absolute atomic E-state index is 5.06. The van der Waals surface area contributed by atoms with Crippen LogP contribution in [0.5, 0.6) is 0 Å². The van der Waals surface area contributed by atoms with Gasteiger partial charge in [-0.05, 0) is 0 Å². The van der Waals surface area contributed by atoms with Crippen LogP contribution in [0.1, 0.15) is 0 Å². The van der Waals surface area contributed by atoms with Gasteiger partial charge in [0.05, 0.1) is 6.10 Å². The summed E-state index contributed by atoms with van der Waals surface area (Å²) in [4.78, 5) is 0. The van der Waals surface area contributed by atoms with Crippen molar-refractivity contribution in [2.45, 2.75) is 6.10 Å². The Morgan fingerprint density at radius 1 is 1.67 bits per heavy atom. The van der Waals surface area contributed by atoms with E-state index in [1.54, 1.807) is 0 Å². The monoisotopic (exact) mass is 101 g/mol. The van der Waals surface area contributed by atoms with Gasteiger partial charge in [-0.3, -0.25) is 0 Å². The van der Waals surface area contributed by atoms with Crippen LogP contribution >= 0.6 is 0 Å². The third-order valence-electron chi connectivity index (χ3n) is 1.08. The summed E-state index contributed by atoms with van der Waals surface area (Å²) >= 11 is 0.894. The molecular weight excluding hydrogens is 93.0 g/mol. The highest BCUT2D eigenvalue weighted by Gasteiger charge is 2.12. The first-order valence-electron chi connectivity index (χ1n) is 2.17. The molecule has 0 amide bonds. The minimum atomic E-state index is 0.566. The lowest BCUT2D eigenvalue weighted by Crippen LogP contribution is -2.48. The molecule has 1 N–H and O–H groups in total. The van der Waals surface area contributed by atoms with Crippen LogP contribution in [0.3, 0.4) is 0 Å². The van der Waals surface area contributed by atoms with Crippen LogP contribution in [0, 0.1) is 0 Å². The number of nitrogens with one attached hydrogen (secondary N) is 1. The molecule has 2 nitrogen and oxygen atoms in total. The minimum absolute atomic E-state index is 0.566. The predicted octanol–water partition coefficient (Wildman–Crippen LogP) is -1.48. The van der Waals surface area contributed by atoms with Gasteiger partial charge in [-0.2, -0.15) is 0 Å². The van der Waals surface area contributed by atoms with Crippen molar-refractivity contribution in [3.8, 4) is 0 Å². The molecule has 6 heavy (non-hydrogen) atoms. The molecule has 0 aromatic rings. The first-order valence-corrected chi connectivity index (χ1v) is 2.98. The van der Waals surface area contributed by atoms with Crippen molar-refractivity contribution in [1.82, 2.24) is 5.32 Å². The quantitative estimate of drug-likeness (QED) is 0.407. The van der Waals surface area contributed by atoms with E-state index in [-0.39, 0.29) is 0 Å². The fourth-order valence-corrected chi connectivity index (χ4v) is 0.762. The highest BCUT2D eigenvalue weighted by Crippen LogP contribution is 1.92. The minimum Gasteiger partial charge on any atom is -0.502 e. The molecule has 1 aliphatic heterocycles. The van der Waals surface area contributed by atoms with Gasteiger partial charge < -0.3 is 9.11 Å². The van der Waals surface area contributed by atoms with Gasteiger partial charge in [-0.1, -0.05) is 0 Å². The second-order valence-electron chi connectivity index (χ2n) is 1.52. The van der Waals surface area contributed by atoms with Crippen LogP contribution in [0.4, 0.5) is 0 Å². The molecule has 1 fully saturated rings. The van der Waals surface area contributed by atoms with Gasteiger partial charge in [-0.15, -0.1) is 0 Å². The van der Waals surface area contributed by atoms with Crippen molar-refractivity contribution in [2.24, 2.45) is 0 Å². The third-order valence-corrected chi connectivity index (χ3v) is 1.74. The summed E-state index contributed by atoms with van der Waals surface area (Å²) in [5.41, 5.74) is 0.